The first kappa shape index (κ1) is 10.9. The SMILES string of the molecule is O=C1C[C@@H](C(=O)CCl)C2(CCCCC2)O1. The Balaban J connectivity index is 2.19. The van der Waals surface area contributed by atoms with Crippen molar-refractivity contribution >= 4 is 23.4 Å². The first-order chi connectivity index (χ1) is 7.18. The minimum Gasteiger partial charge on any atom is -0.458 e. The highest BCUT2D eigenvalue weighted by atomic mass is 35.5. The van der Waals surface area contributed by atoms with Crippen molar-refractivity contribution in [1.82, 2.24) is 0 Å². The number of halogens is 1. The molecule has 0 bridgehead atoms. The average molecular weight is 231 g/mol. The second-order valence-corrected chi connectivity index (χ2v) is 4.72. The summed E-state index contributed by atoms with van der Waals surface area (Å²) in [5, 5.41) is 0. The normalized spacial score (nSPS) is 29.1. The smallest absolute Gasteiger partial charge is 0.307 e. The zero-order valence-electron chi connectivity index (χ0n) is 8.63. The van der Waals surface area contributed by atoms with Crippen molar-refractivity contribution in [2.45, 2.75) is 44.1 Å². The van der Waals surface area contributed by atoms with Gasteiger partial charge < -0.3 is 4.74 Å². The van der Waals surface area contributed by atoms with Crippen LogP contribution in [-0.4, -0.2) is 23.2 Å². The highest BCUT2D eigenvalue weighted by molar-refractivity contribution is 6.28. The van der Waals surface area contributed by atoms with E-state index in [4.69, 9.17) is 16.3 Å². The lowest BCUT2D eigenvalue weighted by Gasteiger charge is -2.35. The van der Waals surface area contributed by atoms with E-state index in [-0.39, 0.29) is 30.0 Å². The van der Waals surface area contributed by atoms with Crippen LogP contribution in [0, 0.1) is 5.92 Å². The van der Waals surface area contributed by atoms with Gasteiger partial charge in [-0.2, -0.15) is 0 Å². The molecule has 0 aromatic carbocycles. The van der Waals surface area contributed by atoms with E-state index >= 15 is 0 Å². The van der Waals surface area contributed by atoms with E-state index in [2.05, 4.69) is 0 Å². The highest BCUT2D eigenvalue weighted by Gasteiger charge is 2.52. The Morgan fingerprint density at radius 2 is 2.07 bits per heavy atom. The van der Waals surface area contributed by atoms with Gasteiger partial charge in [0.25, 0.3) is 0 Å². The summed E-state index contributed by atoms with van der Waals surface area (Å²) < 4.78 is 5.41. The number of carbonyl (C=O) groups is 2. The van der Waals surface area contributed by atoms with Crippen molar-refractivity contribution in [3.63, 3.8) is 0 Å². The molecule has 0 N–H and O–H groups in total. The first-order valence-electron chi connectivity index (χ1n) is 5.48. The second kappa shape index (κ2) is 4.12. The molecule has 2 aliphatic rings. The van der Waals surface area contributed by atoms with Crippen molar-refractivity contribution in [2.75, 3.05) is 5.88 Å². The number of hydrogen-bond donors (Lipinski definition) is 0. The van der Waals surface area contributed by atoms with Crippen molar-refractivity contribution in [2.24, 2.45) is 5.92 Å². The second-order valence-electron chi connectivity index (χ2n) is 4.46. The minimum absolute atomic E-state index is 0.0109. The number of hydrogen-bond acceptors (Lipinski definition) is 3. The van der Waals surface area contributed by atoms with Crippen LogP contribution in [0.15, 0.2) is 0 Å². The predicted octanol–water partition coefficient (Wildman–Crippen LogP) is 2.06. The van der Waals surface area contributed by atoms with E-state index in [0.717, 1.165) is 25.7 Å². The zero-order chi connectivity index (χ0) is 10.9. The summed E-state index contributed by atoms with van der Waals surface area (Å²) in [7, 11) is 0. The van der Waals surface area contributed by atoms with Crippen molar-refractivity contribution < 1.29 is 14.3 Å². The largest absolute Gasteiger partial charge is 0.458 e. The molecular formula is C11H15ClO3. The molecule has 1 spiro atoms. The number of carbonyl (C=O) groups excluding carboxylic acids is 2. The molecule has 15 heavy (non-hydrogen) atoms. The maximum atomic E-state index is 11.7. The van der Waals surface area contributed by atoms with E-state index in [0.29, 0.717) is 0 Å². The Bertz CT molecular complexity index is 282. The van der Waals surface area contributed by atoms with Gasteiger partial charge in [-0.05, 0) is 25.7 Å². The van der Waals surface area contributed by atoms with Crippen LogP contribution in [0.4, 0.5) is 0 Å². The van der Waals surface area contributed by atoms with Gasteiger partial charge in [0.05, 0.1) is 18.2 Å². The van der Waals surface area contributed by atoms with Crippen molar-refractivity contribution in [1.29, 1.82) is 0 Å². The fourth-order valence-corrected chi connectivity index (χ4v) is 2.98. The van der Waals surface area contributed by atoms with Gasteiger partial charge in [0.1, 0.15) is 5.60 Å². The van der Waals surface area contributed by atoms with Gasteiger partial charge in [-0.25, -0.2) is 0 Å². The number of esters is 1. The Morgan fingerprint density at radius 3 is 2.67 bits per heavy atom. The first-order valence-corrected chi connectivity index (χ1v) is 6.02. The Labute approximate surface area is 94.1 Å². The van der Waals surface area contributed by atoms with Gasteiger partial charge in [-0.15, -0.1) is 11.6 Å². The fraction of sp³-hybridized carbons (Fsp3) is 0.818. The lowest BCUT2D eigenvalue weighted by Crippen LogP contribution is -2.41. The molecule has 1 heterocycles. The summed E-state index contributed by atoms with van der Waals surface area (Å²) in [5.74, 6) is -0.573. The van der Waals surface area contributed by atoms with Crippen LogP contribution >= 0.6 is 11.6 Å². The molecule has 0 aromatic heterocycles. The Hall–Kier alpha value is -0.570. The number of Topliss-reactive ketones (excluding diaryl/α,β-unsaturated/α-hetero) is 1. The molecule has 0 amide bonds. The van der Waals surface area contributed by atoms with Crippen LogP contribution < -0.4 is 0 Å². The Kier molecular flexibility index (Phi) is 3.01. The zero-order valence-corrected chi connectivity index (χ0v) is 9.39. The lowest BCUT2D eigenvalue weighted by molar-refractivity contribution is -0.153. The van der Waals surface area contributed by atoms with Gasteiger partial charge in [0.15, 0.2) is 5.78 Å². The minimum atomic E-state index is -0.499. The quantitative estimate of drug-likeness (QED) is 0.539. The molecule has 0 unspecified atom stereocenters. The van der Waals surface area contributed by atoms with Crippen LogP contribution in [-0.2, 0) is 14.3 Å². The van der Waals surface area contributed by atoms with Crippen LogP contribution in [0.3, 0.4) is 0 Å². The average Bonchev–Trinajstić information content (AvgIpc) is 2.55. The summed E-state index contributed by atoms with van der Waals surface area (Å²) in [5.41, 5.74) is -0.499. The van der Waals surface area contributed by atoms with E-state index in [1.165, 1.54) is 6.42 Å². The van der Waals surface area contributed by atoms with E-state index in [1.54, 1.807) is 0 Å². The summed E-state index contributed by atoms with van der Waals surface area (Å²) in [4.78, 5) is 23.0. The van der Waals surface area contributed by atoms with Crippen LogP contribution in [0.1, 0.15) is 38.5 Å². The van der Waals surface area contributed by atoms with Gasteiger partial charge in [0, 0.05) is 0 Å². The summed E-state index contributed by atoms with van der Waals surface area (Å²) in [6, 6.07) is 0. The summed E-state index contributed by atoms with van der Waals surface area (Å²) in [6.07, 6.45) is 5.13. The molecule has 1 atom stereocenters. The maximum Gasteiger partial charge on any atom is 0.307 e. The molecule has 84 valence electrons. The third kappa shape index (κ3) is 1.89. The molecule has 0 aromatic rings. The van der Waals surface area contributed by atoms with Gasteiger partial charge in [-0.3, -0.25) is 9.59 Å². The summed E-state index contributed by atoms with van der Waals surface area (Å²) >= 11 is 5.57. The number of ketones is 1. The van der Waals surface area contributed by atoms with Crippen LogP contribution in [0.2, 0.25) is 0 Å². The molecule has 4 heteroatoms. The van der Waals surface area contributed by atoms with Gasteiger partial charge in [-0.1, -0.05) is 6.42 Å². The number of alkyl halides is 1. The van der Waals surface area contributed by atoms with E-state index < -0.39 is 5.60 Å². The molecule has 3 nitrogen and oxygen atoms in total. The van der Waals surface area contributed by atoms with E-state index in [1.807, 2.05) is 0 Å². The highest BCUT2D eigenvalue weighted by Crippen LogP contribution is 2.44. The van der Waals surface area contributed by atoms with Crippen LogP contribution in [0.25, 0.3) is 0 Å². The van der Waals surface area contributed by atoms with Gasteiger partial charge in [0.2, 0.25) is 0 Å². The monoisotopic (exact) mass is 230 g/mol. The molecule has 1 aliphatic carbocycles. The molecule has 2 fully saturated rings. The molecule has 1 saturated carbocycles. The molecule has 2 rings (SSSR count). The van der Waals surface area contributed by atoms with Crippen molar-refractivity contribution in [3.05, 3.63) is 0 Å². The number of rotatable bonds is 2. The topological polar surface area (TPSA) is 43.4 Å². The summed E-state index contributed by atoms with van der Waals surface area (Å²) in [6.45, 7) is 0. The molecular weight excluding hydrogens is 216 g/mol. The third-order valence-corrected chi connectivity index (χ3v) is 3.81. The molecule has 1 saturated heterocycles. The van der Waals surface area contributed by atoms with Gasteiger partial charge >= 0.3 is 5.97 Å². The third-order valence-electron chi connectivity index (χ3n) is 3.54. The van der Waals surface area contributed by atoms with Crippen LogP contribution in [0.5, 0.6) is 0 Å². The number of ether oxygens (including phenoxy) is 1. The lowest BCUT2D eigenvalue weighted by atomic mass is 9.74. The Morgan fingerprint density at radius 1 is 1.40 bits per heavy atom. The fourth-order valence-electron chi connectivity index (χ4n) is 2.79. The van der Waals surface area contributed by atoms with Crippen molar-refractivity contribution in [3.8, 4) is 0 Å². The predicted molar refractivity (Wildman–Crippen MR) is 55.7 cm³/mol. The molecule has 1 aliphatic heterocycles. The standard InChI is InChI=1S/C11H15ClO3/c12-7-9(13)8-6-10(14)15-11(8)4-2-1-3-5-11/h8H,1-7H2/t8-/m0/s1. The molecule has 0 radical (unpaired) electrons. The maximum absolute atomic E-state index is 11.7. The van der Waals surface area contributed by atoms with E-state index in [9.17, 15) is 9.59 Å².